The lowest BCUT2D eigenvalue weighted by Gasteiger charge is -2.27. The first-order chi connectivity index (χ1) is 17.0. The van der Waals surface area contributed by atoms with Crippen molar-refractivity contribution < 1.29 is 22.6 Å². The van der Waals surface area contributed by atoms with Crippen LogP contribution in [-0.4, -0.2) is 6.61 Å². The SMILES string of the molecule is CC=CC1CCC(c2ccc(COc3ccc(-c4ccc(OCC)cc4F)cc3)c(F)c2F)CC1. The van der Waals surface area contributed by atoms with Gasteiger partial charge in [-0.2, -0.15) is 0 Å². The molecule has 0 amide bonds. The van der Waals surface area contributed by atoms with Gasteiger partial charge in [-0.25, -0.2) is 13.2 Å². The summed E-state index contributed by atoms with van der Waals surface area (Å²) in [6.45, 7) is 4.23. The molecular weight excluding hydrogens is 449 g/mol. The molecule has 0 unspecified atom stereocenters. The Bertz CT molecular complexity index is 1160. The van der Waals surface area contributed by atoms with Crippen molar-refractivity contribution in [1.82, 2.24) is 0 Å². The van der Waals surface area contributed by atoms with Crippen LogP contribution in [0.4, 0.5) is 13.2 Å². The summed E-state index contributed by atoms with van der Waals surface area (Å²) in [4.78, 5) is 0. The Kier molecular flexibility index (Phi) is 8.17. The van der Waals surface area contributed by atoms with Crippen molar-refractivity contribution in [3.8, 4) is 22.6 Å². The molecule has 35 heavy (non-hydrogen) atoms. The predicted molar refractivity (Wildman–Crippen MR) is 133 cm³/mol. The van der Waals surface area contributed by atoms with Gasteiger partial charge in [-0.15, -0.1) is 0 Å². The van der Waals surface area contributed by atoms with Crippen molar-refractivity contribution >= 4 is 0 Å². The first kappa shape index (κ1) is 24.9. The van der Waals surface area contributed by atoms with Crippen LogP contribution in [0.5, 0.6) is 11.5 Å². The second-order valence-electron chi connectivity index (χ2n) is 8.97. The van der Waals surface area contributed by atoms with Gasteiger partial charge in [0.15, 0.2) is 11.6 Å². The van der Waals surface area contributed by atoms with Gasteiger partial charge in [0.1, 0.15) is 23.9 Å². The van der Waals surface area contributed by atoms with Gasteiger partial charge in [0.05, 0.1) is 6.61 Å². The highest BCUT2D eigenvalue weighted by atomic mass is 19.2. The fourth-order valence-electron chi connectivity index (χ4n) is 4.80. The highest BCUT2D eigenvalue weighted by Gasteiger charge is 2.25. The molecule has 3 aromatic rings. The molecular formula is C30H31F3O2. The predicted octanol–water partition coefficient (Wildman–Crippen LogP) is 8.60. The first-order valence-corrected chi connectivity index (χ1v) is 12.2. The highest BCUT2D eigenvalue weighted by Crippen LogP contribution is 2.38. The maximum atomic E-state index is 14.9. The molecule has 0 saturated heterocycles. The van der Waals surface area contributed by atoms with Crippen LogP contribution in [0.25, 0.3) is 11.1 Å². The normalized spacial score (nSPS) is 18.1. The van der Waals surface area contributed by atoms with E-state index in [2.05, 4.69) is 12.2 Å². The van der Waals surface area contributed by atoms with Crippen LogP contribution in [0, 0.1) is 23.4 Å². The summed E-state index contributed by atoms with van der Waals surface area (Å²) in [6.07, 6.45) is 7.99. The van der Waals surface area contributed by atoms with E-state index in [1.54, 1.807) is 48.5 Å². The van der Waals surface area contributed by atoms with E-state index in [0.29, 0.717) is 40.7 Å². The molecule has 1 aliphatic carbocycles. The maximum Gasteiger partial charge on any atom is 0.165 e. The first-order valence-electron chi connectivity index (χ1n) is 12.2. The van der Waals surface area contributed by atoms with Crippen molar-refractivity contribution in [2.24, 2.45) is 5.92 Å². The van der Waals surface area contributed by atoms with E-state index in [-0.39, 0.29) is 23.9 Å². The fourth-order valence-corrected chi connectivity index (χ4v) is 4.80. The molecule has 5 heteroatoms. The zero-order chi connectivity index (χ0) is 24.8. The van der Waals surface area contributed by atoms with Crippen molar-refractivity contribution in [2.45, 2.75) is 52.1 Å². The average molecular weight is 481 g/mol. The van der Waals surface area contributed by atoms with E-state index in [1.807, 2.05) is 13.8 Å². The number of allylic oxidation sites excluding steroid dienone is 2. The van der Waals surface area contributed by atoms with Crippen molar-refractivity contribution in [2.75, 3.05) is 6.61 Å². The Morgan fingerprint density at radius 1 is 0.829 bits per heavy atom. The summed E-state index contributed by atoms with van der Waals surface area (Å²) in [5.41, 5.74) is 1.77. The molecule has 0 bridgehead atoms. The third kappa shape index (κ3) is 5.90. The van der Waals surface area contributed by atoms with E-state index in [4.69, 9.17) is 9.47 Å². The molecule has 0 spiro atoms. The van der Waals surface area contributed by atoms with Gasteiger partial charge in [-0.3, -0.25) is 0 Å². The number of ether oxygens (including phenoxy) is 2. The van der Waals surface area contributed by atoms with Gasteiger partial charge in [-0.05, 0) is 86.8 Å². The maximum absolute atomic E-state index is 14.9. The van der Waals surface area contributed by atoms with E-state index >= 15 is 0 Å². The van der Waals surface area contributed by atoms with Crippen LogP contribution in [0.3, 0.4) is 0 Å². The van der Waals surface area contributed by atoms with Crippen LogP contribution in [0.2, 0.25) is 0 Å². The molecule has 0 aromatic heterocycles. The molecule has 1 fully saturated rings. The fraction of sp³-hybridized carbons (Fsp3) is 0.333. The Morgan fingerprint density at radius 3 is 2.20 bits per heavy atom. The minimum Gasteiger partial charge on any atom is -0.494 e. The molecule has 3 aromatic carbocycles. The number of benzene rings is 3. The van der Waals surface area contributed by atoms with Crippen molar-refractivity contribution in [3.05, 3.63) is 95.3 Å². The minimum absolute atomic E-state index is 0.0523. The van der Waals surface area contributed by atoms with E-state index in [0.717, 1.165) is 25.7 Å². The van der Waals surface area contributed by atoms with Crippen LogP contribution in [0.15, 0.2) is 66.7 Å². The Balaban J connectivity index is 1.39. The molecule has 0 radical (unpaired) electrons. The van der Waals surface area contributed by atoms with Gasteiger partial charge in [0.25, 0.3) is 0 Å². The third-order valence-corrected chi connectivity index (χ3v) is 6.68. The number of rotatable bonds is 8. The lowest BCUT2D eigenvalue weighted by atomic mass is 9.78. The minimum atomic E-state index is -0.842. The van der Waals surface area contributed by atoms with Crippen LogP contribution < -0.4 is 9.47 Å². The molecule has 184 valence electrons. The Labute approximate surface area is 205 Å². The summed E-state index contributed by atoms with van der Waals surface area (Å²) < 4.78 is 55.2. The second-order valence-corrected chi connectivity index (χ2v) is 8.97. The van der Waals surface area contributed by atoms with Crippen molar-refractivity contribution in [1.29, 1.82) is 0 Å². The monoisotopic (exact) mass is 480 g/mol. The second kappa shape index (κ2) is 11.5. The van der Waals surface area contributed by atoms with E-state index in [9.17, 15) is 13.2 Å². The molecule has 0 N–H and O–H groups in total. The quantitative estimate of drug-likeness (QED) is 0.301. The summed E-state index contributed by atoms with van der Waals surface area (Å²) in [7, 11) is 0. The summed E-state index contributed by atoms with van der Waals surface area (Å²) in [6, 6.07) is 14.9. The van der Waals surface area contributed by atoms with Gasteiger partial charge >= 0.3 is 0 Å². The molecule has 1 saturated carbocycles. The van der Waals surface area contributed by atoms with Gasteiger partial charge < -0.3 is 9.47 Å². The van der Waals surface area contributed by atoms with E-state index in [1.165, 1.54) is 6.07 Å². The Morgan fingerprint density at radius 2 is 1.54 bits per heavy atom. The lowest BCUT2D eigenvalue weighted by Crippen LogP contribution is -2.14. The zero-order valence-corrected chi connectivity index (χ0v) is 20.2. The highest BCUT2D eigenvalue weighted by molar-refractivity contribution is 5.65. The number of halogens is 3. The standard InChI is InChI=1S/C30H31F3O2/c1-3-5-20-6-8-22(9-7-20)27-16-12-23(29(32)30(27)33)19-35-24-13-10-21(11-14-24)26-17-15-25(34-4-2)18-28(26)31/h3,5,10-18,20,22H,4,6-9,19H2,1-2H3. The average Bonchev–Trinajstić information content (AvgIpc) is 2.87. The summed E-state index contributed by atoms with van der Waals surface area (Å²) in [5.74, 6) is -0.419. The van der Waals surface area contributed by atoms with Gasteiger partial charge in [0, 0.05) is 17.2 Å². The van der Waals surface area contributed by atoms with Gasteiger partial charge in [0.2, 0.25) is 0 Å². The molecule has 0 atom stereocenters. The third-order valence-electron chi connectivity index (χ3n) is 6.68. The van der Waals surface area contributed by atoms with Gasteiger partial charge in [-0.1, -0.05) is 36.4 Å². The van der Waals surface area contributed by atoms with Crippen LogP contribution in [-0.2, 0) is 6.61 Å². The molecule has 1 aliphatic rings. The lowest BCUT2D eigenvalue weighted by molar-refractivity contribution is 0.296. The van der Waals surface area contributed by atoms with Crippen molar-refractivity contribution in [3.63, 3.8) is 0 Å². The van der Waals surface area contributed by atoms with E-state index < -0.39 is 11.6 Å². The largest absolute Gasteiger partial charge is 0.494 e. The Hall–Kier alpha value is -3.21. The number of hydrogen-bond donors (Lipinski definition) is 0. The molecule has 0 aliphatic heterocycles. The summed E-state index contributed by atoms with van der Waals surface area (Å²) in [5, 5.41) is 0. The van der Waals surface area contributed by atoms with Crippen LogP contribution >= 0.6 is 0 Å². The molecule has 0 heterocycles. The number of hydrogen-bond acceptors (Lipinski definition) is 2. The summed E-state index contributed by atoms with van der Waals surface area (Å²) >= 11 is 0. The topological polar surface area (TPSA) is 18.5 Å². The molecule has 2 nitrogen and oxygen atoms in total. The zero-order valence-electron chi connectivity index (χ0n) is 20.2. The smallest absolute Gasteiger partial charge is 0.165 e. The van der Waals surface area contributed by atoms with Crippen LogP contribution in [0.1, 0.15) is 56.6 Å². The molecule has 4 rings (SSSR count).